The lowest BCUT2D eigenvalue weighted by molar-refractivity contribution is -0.115. The van der Waals surface area contributed by atoms with Crippen LogP contribution in [0.25, 0.3) is 10.2 Å². The lowest BCUT2D eigenvalue weighted by Gasteiger charge is -2.11. The number of carbonyl (C=O) groups excluding carboxylic acids is 1. The Hall–Kier alpha value is -1.65. The summed E-state index contributed by atoms with van der Waals surface area (Å²) >= 11 is 8.76. The summed E-state index contributed by atoms with van der Waals surface area (Å²) in [5.74, 6) is -0.265. The first kappa shape index (κ1) is 19.1. The van der Waals surface area contributed by atoms with Crippen molar-refractivity contribution in [3.63, 3.8) is 0 Å². The van der Waals surface area contributed by atoms with Crippen LogP contribution < -0.4 is 10.5 Å². The number of amides is 1. The molecule has 6 nitrogen and oxygen atoms in total. The van der Waals surface area contributed by atoms with E-state index in [9.17, 15) is 13.2 Å². The molecule has 0 spiro atoms. The molecule has 0 bridgehead atoms. The number of hydrogen-bond donors (Lipinski definition) is 2. The van der Waals surface area contributed by atoms with Gasteiger partial charge in [0, 0.05) is 10.7 Å². The number of fused-ring (bicyclic) bond motifs is 1. The van der Waals surface area contributed by atoms with Gasteiger partial charge in [-0.05, 0) is 43.3 Å². The first-order valence-corrected chi connectivity index (χ1v) is 11.0. The number of rotatable bonds is 5. The third-order valence-corrected chi connectivity index (χ3v) is 6.78. The van der Waals surface area contributed by atoms with Crippen molar-refractivity contribution in [1.82, 2.24) is 4.98 Å². The predicted molar refractivity (Wildman–Crippen MR) is 106 cm³/mol. The summed E-state index contributed by atoms with van der Waals surface area (Å²) in [5.41, 5.74) is 1.16. The molecule has 0 aliphatic heterocycles. The molecular weight excluding hydrogens is 414 g/mol. The van der Waals surface area contributed by atoms with Crippen molar-refractivity contribution in [3.05, 3.63) is 47.5 Å². The quantitative estimate of drug-likeness (QED) is 0.604. The summed E-state index contributed by atoms with van der Waals surface area (Å²) in [4.78, 5) is 16.8. The van der Waals surface area contributed by atoms with Crippen molar-refractivity contribution < 1.29 is 13.2 Å². The van der Waals surface area contributed by atoms with E-state index in [0.29, 0.717) is 10.7 Å². The van der Waals surface area contributed by atoms with Gasteiger partial charge >= 0.3 is 0 Å². The molecule has 3 aromatic rings. The van der Waals surface area contributed by atoms with Crippen molar-refractivity contribution in [2.24, 2.45) is 5.14 Å². The summed E-state index contributed by atoms with van der Waals surface area (Å²) in [6, 6.07) is 11.3. The average molecular weight is 428 g/mol. The monoisotopic (exact) mass is 427 g/mol. The van der Waals surface area contributed by atoms with Gasteiger partial charge in [-0.2, -0.15) is 0 Å². The Morgan fingerprint density at radius 1 is 1.31 bits per heavy atom. The molecule has 10 heteroatoms. The molecule has 2 aromatic carbocycles. The summed E-state index contributed by atoms with van der Waals surface area (Å²) < 4.78 is 24.5. The summed E-state index contributed by atoms with van der Waals surface area (Å²) in [6.07, 6.45) is 0. The fourth-order valence-corrected chi connectivity index (χ4v) is 5.05. The molecule has 1 aromatic heterocycles. The molecule has 1 heterocycles. The van der Waals surface area contributed by atoms with E-state index in [0.717, 1.165) is 14.6 Å². The lowest BCUT2D eigenvalue weighted by Crippen LogP contribution is -2.22. The van der Waals surface area contributed by atoms with E-state index < -0.39 is 15.3 Å². The van der Waals surface area contributed by atoms with E-state index in [-0.39, 0.29) is 10.8 Å². The van der Waals surface area contributed by atoms with E-state index in [1.54, 1.807) is 25.1 Å². The molecule has 0 saturated heterocycles. The van der Waals surface area contributed by atoms with Gasteiger partial charge in [-0.15, -0.1) is 11.3 Å². The number of benzene rings is 2. The van der Waals surface area contributed by atoms with E-state index in [4.69, 9.17) is 16.7 Å². The molecule has 0 saturated carbocycles. The van der Waals surface area contributed by atoms with Crippen LogP contribution in [0.15, 0.2) is 51.7 Å². The number of thiazole rings is 1. The van der Waals surface area contributed by atoms with E-state index in [2.05, 4.69) is 10.3 Å². The Balaban J connectivity index is 1.71. The highest BCUT2D eigenvalue weighted by molar-refractivity contribution is 8.02. The first-order valence-electron chi connectivity index (χ1n) is 7.39. The zero-order chi connectivity index (χ0) is 18.9. The summed E-state index contributed by atoms with van der Waals surface area (Å²) in [5, 5.41) is 7.98. The number of sulfonamides is 1. The standard InChI is InChI=1S/C16H14ClN3O3S3/c1-9(24-16-20-13-7-10(17)5-6-14(13)25-16)15(21)19-11-3-2-4-12(8-11)26(18,22)23/h2-9H,1H3,(H,19,21)(H2,18,22,23). The van der Waals surface area contributed by atoms with Crippen LogP contribution in [-0.2, 0) is 14.8 Å². The van der Waals surface area contributed by atoms with Gasteiger partial charge in [-0.1, -0.05) is 29.4 Å². The van der Waals surface area contributed by atoms with Gasteiger partial charge < -0.3 is 5.32 Å². The molecule has 0 aliphatic rings. The zero-order valence-corrected chi connectivity index (χ0v) is 16.7. The van der Waals surface area contributed by atoms with Gasteiger partial charge in [0.2, 0.25) is 15.9 Å². The molecule has 0 aliphatic carbocycles. The molecule has 0 radical (unpaired) electrons. The summed E-state index contributed by atoms with van der Waals surface area (Å²) in [7, 11) is -3.82. The number of nitrogens with two attached hydrogens (primary N) is 1. The molecule has 3 rings (SSSR count). The van der Waals surface area contributed by atoms with Crippen molar-refractivity contribution in [2.75, 3.05) is 5.32 Å². The SMILES string of the molecule is CC(Sc1nc2cc(Cl)ccc2s1)C(=O)Nc1cccc(S(N)(=O)=O)c1. The Morgan fingerprint density at radius 3 is 2.81 bits per heavy atom. The fraction of sp³-hybridized carbons (Fsp3) is 0.125. The van der Waals surface area contributed by atoms with Gasteiger partial charge in [0.05, 0.1) is 20.4 Å². The highest BCUT2D eigenvalue weighted by atomic mass is 35.5. The minimum Gasteiger partial charge on any atom is -0.325 e. The van der Waals surface area contributed by atoms with Crippen LogP contribution in [0.1, 0.15) is 6.92 Å². The molecule has 1 unspecified atom stereocenters. The van der Waals surface area contributed by atoms with Crippen LogP contribution in [0.4, 0.5) is 5.69 Å². The molecule has 1 amide bonds. The second-order valence-electron chi connectivity index (χ2n) is 5.41. The number of hydrogen-bond acceptors (Lipinski definition) is 6. The number of aromatic nitrogens is 1. The number of primary sulfonamides is 1. The third kappa shape index (κ3) is 4.54. The number of thioether (sulfide) groups is 1. The zero-order valence-electron chi connectivity index (χ0n) is 13.5. The largest absolute Gasteiger partial charge is 0.325 e. The molecule has 26 heavy (non-hydrogen) atoms. The predicted octanol–water partition coefficient (Wildman–Crippen LogP) is 3.72. The van der Waals surface area contributed by atoms with Gasteiger partial charge in [0.1, 0.15) is 0 Å². The number of anilines is 1. The Kier molecular flexibility index (Phi) is 5.54. The number of nitrogens with zero attached hydrogens (tertiary/aromatic N) is 1. The molecule has 0 fully saturated rings. The van der Waals surface area contributed by atoms with Crippen LogP contribution in [-0.4, -0.2) is 24.6 Å². The number of halogens is 1. The van der Waals surface area contributed by atoms with Crippen molar-refractivity contribution in [1.29, 1.82) is 0 Å². The fourth-order valence-electron chi connectivity index (χ4n) is 2.13. The smallest absolute Gasteiger partial charge is 0.238 e. The van der Waals surface area contributed by atoms with E-state index in [1.807, 2.05) is 6.07 Å². The van der Waals surface area contributed by atoms with Crippen molar-refractivity contribution >= 4 is 66.5 Å². The lowest BCUT2D eigenvalue weighted by atomic mass is 10.3. The minimum absolute atomic E-state index is 0.0568. The highest BCUT2D eigenvalue weighted by Crippen LogP contribution is 2.33. The minimum atomic E-state index is -3.82. The maximum Gasteiger partial charge on any atom is 0.238 e. The molecule has 1 atom stereocenters. The van der Waals surface area contributed by atoms with Gasteiger partial charge in [-0.25, -0.2) is 18.5 Å². The van der Waals surface area contributed by atoms with Gasteiger partial charge in [0.25, 0.3) is 0 Å². The van der Waals surface area contributed by atoms with Crippen LogP contribution in [0.2, 0.25) is 5.02 Å². The summed E-state index contributed by atoms with van der Waals surface area (Å²) in [6.45, 7) is 1.75. The Bertz CT molecular complexity index is 1080. The van der Waals surface area contributed by atoms with Crippen LogP contribution in [0, 0.1) is 0 Å². The molecular formula is C16H14ClN3O3S3. The normalized spacial score (nSPS) is 12.9. The van der Waals surface area contributed by atoms with E-state index >= 15 is 0 Å². The Morgan fingerprint density at radius 2 is 2.08 bits per heavy atom. The van der Waals surface area contributed by atoms with E-state index in [1.165, 1.54) is 41.3 Å². The number of nitrogens with one attached hydrogen (secondary N) is 1. The molecule has 3 N–H and O–H groups in total. The second-order valence-corrected chi connectivity index (χ2v) is 10.0. The van der Waals surface area contributed by atoms with Gasteiger partial charge in [-0.3, -0.25) is 4.79 Å². The van der Waals surface area contributed by atoms with Crippen LogP contribution >= 0.6 is 34.7 Å². The molecule has 136 valence electrons. The van der Waals surface area contributed by atoms with Crippen molar-refractivity contribution in [2.45, 2.75) is 21.4 Å². The topological polar surface area (TPSA) is 102 Å². The number of carbonyl (C=O) groups is 1. The van der Waals surface area contributed by atoms with Gasteiger partial charge in [0.15, 0.2) is 4.34 Å². The second kappa shape index (κ2) is 7.53. The highest BCUT2D eigenvalue weighted by Gasteiger charge is 2.18. The Labute approximate surface area is 163 Å². The maximum atomic E-state index is 12.4. The average Bonchev–Trinajstić information content (AvgIpc) is 2.95. The van der Waals surface area contributed by atoms with Crippen molar-refractivity contribution in [3.8, 4) is 0 Å². The third-order valence-electron chi connectivity index (χ3n) is 3.41. The first-order chi connectivity index (χ1) is 12.2. The van der Waals surface area contributed by atoms with Crippen LogP contribution in [0.3, 0.4) is 0 Å². The van der Waals surface area contributed by atoms with Crippen LogP contribution in [0.5, 0.6) is 0 Å². The maximum absolute atomic E-state index is 12.4.